The number of hydrogen-bond acceptors (Lipinski definition) is 8. The molecule has 8 nitrogen and oxygen atoms in total. The molecule has 0 saturated carbocycles. The van der Waals surface area contributed by atoms with Crippen LogP contribution in [0.2, 0.25) is 5.02 Å². The molecular weight excluding hydrogens is 520 g/mol. The lowest BCUT2D eigenvalue weighted by Crippen LogP contribution is -2.39. The lowest BCUT2D eigenvalue weighted by Gasteiger charge is -2.32. The maximum atomic E-state index is 13.9. The Kier molecular flexibility index (Phi) is 7.30. The number of anilines is 2. The topological polar surface area (TPSA) is 103 Å². The summed E-state index contributed by atoms with van der Waals surface area (Å²) in [6.07, 6.45) is 0.487. The van der Waals surface area contributed by atoms with E-state index in [1.807, 2.05) is 31.2 Å². The summed E-state index contributed by atoms with van der Waals surface area (Å²) < 4.78 is 16.2. The molecule has 0 amide bonds. The van der Waals surface area contributed by atoms with E-state index in [9.17, 15) is 14.4 Å². The number of para-hydroxylation sites is 2. The Hall–Kier alpha value is -4.30. The molecular formula is C30H27ClN2O6. The maximum Gasteiger partial charge on any atom is 0.343 e. The van der Waals surface area contributed by atoms with E-state index in [1.54, 1.807) is 42.5 Å². The first-order valence-electron chi connectivity index (χ1n) is 12.4. The summed E-state index contributed by atoms with van der Waals surface area (Å²) in [5.74, 6) is -2.05. The standard InChI is InChI=1S/C30H27ClN2O6/c1-16-14-22-26(28(34)25(16)30(36)38-3)27(33-21-7-5-4-6-20(21)32-22)18-10-13-23(24(15-18)37-2)39-29(35)17-8-11-19(31)12-9-17/h4-13,15-16,25,27,32-33H,14H2,1-3H3/t16-,25-,27+/m1/s1. The highest BCUT2D eigenvalue weighted by atomic mass is 35.5. The molecule has 0 fully saturated rings. The predicted molar refractivity (Wildman–Crippen MR) is 147 cm³/mol. The van der Waals surface area contributed by atoms with Crippen molar-refractivity contribution >= 4 is 40.7 Å². The molecule has 200 valence electrons. The van der Waals surface area contributed by atoms with Crippen molar-refractivity contribution in [3.8, 4) is 11.5 Å². The number of methoxy groups -OCH3 is 2. The molecule has 1 aliphatic heterocycles. The number of ketones is 1. The highest BCUT2D eigenvalue weighted by molar-refractivity contribution is 6.30. The summed E-state index contributed by atoms with van der Waals surface area (Å²) in [6, 6.07) is 18.5. The van der Waals surface area contributed by atoms with Gasteiger partial charge in [-0.25, -0.2) is 4.79 Å². The molecule has 3 atom stereocenters. The van der Waals surface area contributed by atoms with Crippen LogP contribution in [0.5, 0.6) is 11.5 Å². The third kappa shape index (κ3) is 5.07. The maximum absolute atomic E-state index is 13.9. The van der Waals surface area contributed by atoms with Gasteiger partial charge in [-0.05, 0) is 66.4 Å². The fourth-order valence-corrected chi connectivity index (χ4v) is 5.20. The van der Waals surface area contributed by atoms with Crippen LogP contribution in [0.15, 0.2) is 78.0 Å². The van der Waals surface area contributed by atoms with E-state index < -0.39 is 23.9 Å². The normalized spacial score (nSPS) is 20.0. The lowest BCUT2D eigenvalue weighted by atomic mass is 9.75. The van der Waals surface area contributed by atoms with Crippen molar-refractivity contribution in [2.24, 2.45) is 11.8 Å². The van der Waals surface area contributed by atoms with Crippen molar-refractivity contribution in [2.75, 3.05) is 24.9 Å². The second-order valence-electron chi connectivity index (χ2n) is 9.49. The van der Waals surface area contributed by atoms with Gasteiger partial charge in [0.25, 0.3) is 0 Å². The van der Waals surface area contributed by atoms with Crippen molar-refractivity contribution in [1.29, 1.82) is 0 Å². The van der Waals surface area contributed by atoms with Crippen LogP contribution in [0.25, 0.3) is 0 Å². The summed E-state index contributed by atoms with van der Waals surface area (Å²) in [5, 5.41) is 7.40. The largest absolute Gasteiger partial charge is 0.493 e. The number of Topliss-reactive ketones (excluding diaryl/α,β-unsaturated/α-hetero) is 1. The Morgan fingerprint density at radius 2 is 1.67 bits per heavy atom. The van der Waals surface area contributed by atoms with Gasteiger partial charge in [0.15, 0.2) is 17.3 Å². The van der Waals surface area contributed by atoms with Crippen molar-refractivity contribution in [3.05, 3.63) is 94.1 Å². The van der Waals surface area contributed by atoms with E-state index in [4.69, 9.17) is 25.8 Å². The van der Waals surface area contributed by atoms with Gasteiger partial charge in [-0.15, -0.1) is 0 Å². The number of carbonyl (C=O) groups is 3. The van der Waals surface area contributed by atoms with Gasteiger partial charge in [-0.2, -0.15) is 0 Å². The van der Waals surface area contributed by atoms with E-state index in [-0.39, 0.29) is 17.5 Å². The number of carbonyl (C=O) groups excluding carboxylic acids is 3. The second kappa shape index (κ2) is 10.8. The SMILES string of the molecule is COC(=O)[C@H]1C(=O)C2=C(C[C@H]1C)Nc1ccccc1N[C@H]2c1ccc(OC(=O)c2ccc(Cl)cc2)c(OC)c1. The van der Waals surface area contributed by atoms with Gasteiger partial charge < -0.3 is 24.8 Å². The Morgan fingerprint density at radius 1 is 0.949 bits per heavy atom. The fourth-order valence-electron chi connectivity index (χ4n) is 5.08. The molecule has 1 aliphatic carbocycles. The van der Waals surface area contributed by atoms with E-state index in [0.29, 0.717) is 33.9 Å². The number of benzene rings is 3. The van der Waals surface area contributed by atoms with Gasteiger partial charge in [-0.3, -0.25) is 9.59 Å². The first-order valence-corrected chi connectivity index (χ1v) is 12.8. The van der Waals surface area contributed by atoms with Crippen molar-refractivity contribution < 1.29 is 28.6 Å². The van der Waals surface area contributed by atoms with Crippen LogP contribution in [0.1, 0.15) is 35.3 Å². The van der Waals surface area contributed by atoms with Gasteiger partial charge in [0, 0.05) is 16.3 Å². The number of esters is 2. The molecule has 3 aromatic rings. The van der Waals surface area contributed by atoms with Crippen LogP contribution in [-0.2, 0) is 14.3 Å². The van der Waals surface area contributed by atoms with Crippen LogP contribution in [0.3, 0.4) is 0 Å². The Bertz CT molecular complexity index is 1480. The molecule has 3 aromatic carbocycles. The minimum absolute atomic E-state index is 0.221. The minimum Gasteiger partial charge on any atom is -0.493 e. The van der Waals surface area contributed by atoms with Crippen LogP contribution < -0.4 is 20.1 Å². The van der Waals surface area contributed by atoms with Crippen LogP contribution >= 0.6 is 11.6 Å². The third-order valence-corrected chi connectivity index (χ3v) is 7.28. The number of ether oxygens (including phenoxy) is 3. The Labute approximate surface area is 230 Å². The van der Waals surface area contributed by atoms with Crippen LogP contribution in [0, 0.1) is 11.8 Å². The lowest BCUT2D eigenvalue weighted by molar-refractivity contribution is -0.151. The quantitative estimate of drug-likeness (QED) is 0.235. The van der Waals surface area contributed by atoms with Gasteiger partial charge in [-0.1, -0.05) is 36.7 Å². The molecule has 9 heteroatoms. The van der Waals surface area contributed by atoms with Crippen LogP contribution in [0.4, 0.5) is 11.4 Å². The molecule has 2 aliphatic rings. The number of halogens is 1. The fraction of sp³-hybridized carbons (Fsp3) is 0.233. The zero-order valence-corrected chi connectivity index (χ0v) is 22.4. The average molecular weight is 547 g/mol. The zero-order valence-electron chi connectivity index (χ0n) is 21.6. The van der Waals surface area contributed by atoms with Crippen molar-refractivity contribution in [3.63, 3.8) is 0 Å². The summed E-state index contributed by atoms with van der Waals surface area (Å²) in [6.45, 7) is 1.87. The smallest absolute Gasteiger partial charge is 0.343 e. The molecule has 2 N–H and O–H groups in total. The molecule has 0 bridgehead atoms. The van der Waals surface area contributed by atoms with Crippen LogP contribution in [-0.4, -0.2) is 31.9 Å². The second-order valence-corrected chi connectivity index (χ2v) is 9.93. The predicted octanol–water partition coefficient (Wildman–Crippen LogP) is 5.80. The number of fused-ring (bicyclic) bond motifs is 1. The summed E-state index contributed by atoms with van der Waals surface area (Å²) in [5.41, 5.74) is 3.84. The first kappa shape index (κ1) is 26.3. The van der Waals surface area contributed by atoms with Crippen molar-refractivity contribution in [1.82, 2.24) is 0 Å². The minimum atomic E-state index is -0.914. The van der Waals surface area contributed by atoms with Gasteiger partial charge in [0.2, 0.25) is 0 Å². The van der Waals surface area contributed by atoms with Gasteiger partial charge >= 0.3 is 11.9 Å². The number of allylic oxidation sites excluding steroid dienone is 1. The average Bonchev–Trinajstić information content (AvgIpc) is 3.10. The van der Waals surface area contributed by atoms with Gasteiger partial charge in [0.05, 0.1) is 37.2 Å². The van der Waals surface area contributed by atoms with E-state index in [2.05, 4.69) is 10.6 Å². The Balaban J connectivity index is 1.55. The first-order chi connectivity index (χ1) is 18.8. The monoisotopic (exact) mass is 546 g/mol. The molecule has 39 heavy (non-hydrogen) atoms. The van der Waals surface area contributed by atoms with E-state index in [1.165, 1.54) is 14.2 Å². The number of hydrogen-bond donors (Lipinski definition) is 2. The van der Waals surface area contributed by atoms with Gasteiger partial charge in [0.1, 0.15) is 5.92 Å². The van der Waals surface area contributed by atoms with E-state index >= 15 is 0 Å². The molecule has 0 spiro atoms. The molecule has 0 aromatic heterocycles. The zero-order chi connectivity index (χ0) is 27.7. The highest BCUT2D eigenvalue weighted by Crippen LogP contribution is 2.45. The summed E-state index contributed by atoms with van der Waals surface area (Å²) in [7, 11) is 2.76. The highest BCUT2D eigenvalue weighted by Gasteiger charge is 2.44. The number of nitrogens with one attached hydrogen (secondary N) is 2. The third-order valence-electron chi connectivity index (χ3n) is 7.03. The summed E-state index contributed by atoms with van der Waals surface area (Å²) in [4.78, 5) is 39.2. The Morgan fingerprint density at radius 3 is 2.36 bits per heavy atom. The molecule has 5 rings (SSSR count). The number of rotatable bonds is 5. The molecule has 0 unspecified atom stereocenters. The molecule has 0 saturated heterocycles. The molecule has 0 radical (unpaired) electrons. The molecule has 1 heterocycles. The summed E-state index contributed by atoms with van der Waals surface area (Å²) >= 11 is 5.92. The van der Waals surface area contributed by atoms with E-state index in [0.717, 1.165) is 17.1 Å². The van der Waals surface area contributed by atoms with Crippen molar-refractivity contribution in [2.45, 2.75) is 19.4 Å².